The maximum atomic E-state index is 11.9. The molecule has 2 amide bonds. The number of nitrogens with zero attached hydrogens (tertiary/aromatic N) is 1. The SMILES string of the molecule is O=C(O)C=Cc1ccc(NC(=O)N2CCOCC2)cc1. The van der Waals surface area contributed by atoms with Crippen molar-refractivity contribution in [3.8, 4) is 0 Å². The molecule has 2 rings (SSSR count). The van der Waals surface area contributed by atoms with Crippen LogP contribution in [0.5, 0.6) is 0 Å². The maximum absolute atomic E-state index is 11.9. The van der Waals surface area contributed by atoms with E-state index in [1.807, 2.05) is 0 Å². The van der Waals surface area contributed by atoms with Crippen molar-refractivity contribution in [2.24, 2.45) is 0 Å². The lowest BCUT2D eigenvalue weighted by molar-refractivity contribution is -0.131. The zero-order chi connectivity index (χ0) is 14.4. The summed E-state index contributed by atoms with van der Waals surface area (Å²) in [6.45, 7) is 2.30. The van der Waals surface area contributed by atoms with Crippen LogP contribution in [-0.4, -0.2) is 48.3 Å². The molecule has 0 aliphatic carbocycles. The van der Waals surface area contributed by atoms with Gasteiger partial charge in [-0.25, -0.2) is 9.59 Å². The second-order valence-corrected chi connectivity index (χ2v) is 4.32. The summed E-state index contributed by atoms with van der Waals surface area (Å²) in [5.74, 6) is -0.991. The summed E-state index contributed by atoms with van der Waals surface area (Å²) in [7, 11) is 0. The van der Waals surface area contributed by atoms with Crippen molar-refractivity contribution in [3.63, 3.8) is 0 Å². The van der Waals surface area contributed by atoms with Gasteiger partial charge in [-0.15, -0.1) is 0 Å². The zero-order valence-corrected chi connectivity index (χ0v) is 10.9. The molecule has 1 aromatic rings. The van der Waals surface area contributed by atoms with E-state index in [2.05, 4.69) is 5.32 Å². The molecule has 6 nitrogen and oxygen atoms in total. The third-order valence-corrected chi connectivity index (χ3v) is 2.88. The van der Waals surface area contributed by atoms with Crippen molar-refractivity contribution in [2.75, 3.05) is 31.6 Å². The number of aliphatic carboxylic acids is 1. The fourth-order valence-electron chi connectivity index (χ4n) is 1.81. The molecular formula is C14H16N2O4. The van der Waals surface area contributed by atoms with Crippen molar-refractivity contribution >= 4 is 23.8 Å². The molecule has 0 aromatic heterocycles. The molecule has 1 aliphatic rings. The molecule has 2 N–H and O–H groups in total. The topological polar surface area (TPSA) is 78.9 Å². The Labute approximate surface area is 116 Å². The summed E-state index contributed by atoms with van der Waals surface area (Å²) >= 11 is 0. The highest BCUT2D eigenvalue weighted by Gasteiger charge is 2.16. The third kappa shape index (κ3) is 4.10. The first-order valence-corrected chi connectivity index (χ1v) is 6.30. The quantitative estimate of drug-likeness (QED) is 0.823. The molecule has 1 aromatic carbocycles. The average Bonchev–Trinajstić information content (AvgIpc) is 2.47. The number of rotatable bonds is 3. The number of carbonyl (C=O) groups excluding carboxylic acids is 1. The number of carboxylic acids is 1. The van der Waals surface area contributed by atoms with Gasteiger partial charge in [-0.3, -0.25) is 0 Å². The summed E-state index contributed by atoms with van der Waals surface area (Å²) in [4.78, 5) is 24.0. The minimum absolute atomic E-state index is 0.151. The Hall–Kier alpha value is -2.34. The minimum Gasteiger partial charge on any atom is -0.478 e. The number of hydrogen-bond donors (Lipinski definition) is 2. The van der Waals surface area contributed by atoms with E-state index in [1.54, 1.807) is 29.2 Å². The Bertz CT molecular complexity index is 504. The van der Waals surface area contributed by atoms with Crippen LogP contribution < -0.4 is 5.32 Å². The number of morpholine rings is 1. The third-order valence-electron chi connectivity index (χ3n) is 2.88. The van der Waals surface area contributed by atoms with Gasteiger partial charge in [0, 0.05) is 24.9 Å². The van der Waals surface area contributed by atoms with Crippen molar-refractivity contribution in [3.05, 3.63) is 35.9 Å². The van der Waals surface area contributed by atoms with Crippen molar-refractivity contribution in [1.29, 1.82) is 0 Å². The smallest absolute Gasteiger partial charge is 0.328 e. The van der Waals surface area contributed by atoms with Gasteiger partial charge in [0.15, 0.2) is 0 Å². The lowest BCUT2D eigenvalue weighted by atomic mass is 10.2. The maximum Gasteiger partial charge on any atom is 0.328 e. The van der Waals surface area contributed by atoms with Gasteiger partial charge < -0.3 is 20.1 Å². The number of anilines is 1. The van der Waals surface area contributed by atoms with Crippen LogP contribution in [0.3, 0.4) is 0 Å². The normalized spacial score (nSPS) is 15.3. The largest absolute Gasteiger partial charge is 0.478 e. The number of urea groups is 1. The van der Waals surface area contributed by atoms with E-state index in [0.717, 1.165) is 11.6 Å². The molecule has 0 atom stereocenters. The lowest BCUT2D eigenvalue weighted by Crippen LogP contribution is -2.43. The van der Waals surface area contributed by atoms with E-state index in [4.69, 9.17) is 9.84 Å². The Kier molecular flexibility index (Phi) is 4.73. The summed E-state index contributed by atoms with van der Waals surface area (Å²) in [6, 6.07) is 6.81. The molecule has 6 heteroatoms. The lowest BCUT2D eigenvalue weighted by Gasteiger charge is -2.26. The van der Waals surface area contributed by atoms with Crippen LogP contribution in [0.4, 0.5) is 10.5 Å². The standard InChI is InChI=1S/C14H16N2O4/c17-13(18)6-3-11-1-4-12(5-2-11)15-14(19)16-7-9-20-10-8-16/h1-6H,7-10H2,(H,15,19)(H,17,18). The molecular weight excluding hydrogens is 260 g/mol. The number of amides is 2. The fourth-order valence-corrected chi connectivity index (χ4v) is 1.81. The van der Waals surface area contributed by atoms with E-state index in [0.29, 0.717) is 32.0 Å². The first-order chi connectivity index (χ1) is 9.65. The minimum atomic E-state index is -0.991. The molecule has 1 aliphatic heterocycles. The highest BCUT2D eigenvalue weighted by molar-refractivity contribution is 5.89. The van der Waals surface area contributed by atoms with Crippen LogP contribution in [0.2, 0.25) is 0 Å². The van der Waals surface area contributed by atoms with Gasteiger partial charge in [0.25, 0.3) is 0 Å². The zero-order valence-electron chi connectivity index (χ0n) is 10.9. The number of ether oxygens (including phenoxy) is 1. The summed E-state index contributed by atoms with van der Waals surface area (Å²) in [6.07, 6.45) is 2.57. The molecule has 1 fully saturated rings. The molecule has 106 valence electrons. The second kappa shape index (κ2) is 6.72. The van der Waals surface area contributed by atoms with Gasteiger partial charge in [0.05, 0.1) is 13.2 Å². The van der Waals surface area contributed by atoms with E-state index >= 15 is 0 Å². The first-order valence-electron chi connectivity index (χ1n) is 6.30. The number of nitrogens with one attached hydrogen (secondary N) is 1. The van der Waals surface area contributed by atoms with Gasteiger partial charge in [0.2, 0.25) is 0 Å². The molecule has 0 bridgehead atoms. The van der Waals surface area contributed by atoms with Crippen LogP contribution in [0.25, 0.3) is 6.08 Å². The van der Waals surface area contributed by atoms with Crippen molar-refractivity contribution in [2.45, 2.75) is 0 Å². The van der Waals surface area contributed by atoms with Crippen LogP contribution in [0.1, 0.15) is 5.56 Å². The molecule has 0 radical (unpaired) electrons. The highest BCUT2D eigenvalue weighted by Crippen LogP contribution is 2.12. The molecule has 0 saturated carbocycles. The Balaban J connectivity index is 1.92. The van der Waals surface area contributed by atoms with Crippen LogP contribution in [0, 0.1) is 0 Å². The van der Waals surface area contributed by atoms with Crippen LogP contribution >= 0.6 is 0 Å². The molecule has 20 heavy (non-hydrogen) atoms. The Morgan fingerprint density at radius 1 is 1.20 bits per heavy atom. The van der Waals surface area contributed by atoms with Gasteiger partial charge in [-0.2, -0.15) is 0 Å². The van der Waals surface area contributed by atoms with Crippen LogP contribution in [-0.2, 0) is 9.53 Å². The van der Waals surface area contributed by atoms with Crippen LogP contribution in [0.15, 0.2) is 30.3 Å². The Morgan fingerprint density at radius 2 is 1.85 bits per heavy atom. The van der Waals surface area contributed by atoms with E-state index in [1.165, 1.54) is 6.08 Å². The summed E-state index contributed by atoms with van der Waals surface area (Å²) < 4.78 is 5.18. The van der Waals surface area contributed by atoms with E-state index in [-0.39, 0.29) is 6.03 Å². The van der Waals surface area contributed by atoms with Gasteiger partial charge in [0.1, 0.15) is 0 Å². The molecule has 0 unspecified atom stereocenters. The van der Waals surface area contributed by atoms with E-state index < -0.39 is 5.97 Å². The average molecular weight is 276 g/mol. The summed E-state index contributed by atoms with van der Waals surface area (Å²) in [5, 5.41) is 11.3. The second-order valence-electron chi connectivity index (χ2n) is 4.32. The molecule has 1 heterocycles. The van der Waals surface area contributed by atoms with Gasteiger partial charge in [-0.05, 0) is 23.8 Å². The number of hydrogen-bond acceptors (Lipinski definition) is 3. The van der Waals surface area contributed by atoms with Crippen molar-refractivity contribution in [1.82, 2.24) is 4.90 Å². The van der Waals surface area contributed by atoms with Gasteiger partial charge in [-0.1, -0.05) is 12.1 Å². The monoisotopic (exact) mass is 276 g/mol. The van der Waals surface area contributed by atoms with Crippen molar-refractivity contribution < 1.29 is 19.4 Å². The summed E-state index contributed by atoms with van der Waals surface area (Å²) in [5.41, 5.74) is 1.44. The first kappa shape index (κ1) is 14.1. The predicted molar refractivity (Wildman–Crippen MR) is 74.5 cm³/mol. The number of benzene rings is 1. The fraction of sp³-hybridized carbons (Fsp3) is 0.286. The predicted octanol–water partition coefficient (Wildman–Crippen LogP) is 1.65. The molecule has 0 spiro atoms. The molecule has 1 saturated heterocycles. The number of carbonyl (C=O) groups is 2. The highest BCUT2D eigenvalue weighted by atomic mass is 16.5. The van der Waals surface area contributed by atoms with E-state index in [9.17, 15) is 9.59 Å². The van der Waals surface area contributed by atoms with Gasteiger partial charge >= 0.3 is 12.0 Å². The number of carboxylic acid groups (broad SMARTS) is 1. The Morgan fingerprint density at radius 3 is 2.45 bits per heavy atom.